The van der Waals surface area contributed by atoms with E-state index in [1.165, 1.54) is 12.1 Å². The SMILES string of the molecule is O=C(CC(=O)NCCc1ccc(Cl)cc1Cl)NCCc1ccc(F)cc1. The van der Waals surface area contributed by atoms with E-state index in [9.17, 15) is 14.0 Å². The molecular weight excluding hydrogens is 378 g/mol. The monoisotopic (exact) mass is 396 g/mol. The third-order valence-electron chi connectivity index (χ3n) is 3.70. The first kappa shape index (κ1) is 20.2. The largest absolute Gasteiger partial charge is 0.355 e. The van der Waals surface area contributed by atoms with Crippen LogP contribution in [0.3, 0.4) is 0 Å². The van der Waals surface area contributed by atoms with Crippen LogP contribution in [0.15, 0.2) is 42.5 Å². The lowest BCUT2D eigenvalue weighted by Crippen LogP contribution is -2.33. The summed E-state index contributed by atoms with van der Waals surface area (Å²) >= 11 is 11.9. The molecule has 0 unspecified atom stereocenters. The summed E-state index contributed by atoms with van der Waals surface area (Å²) in [6.07, 6.45) is 0.883. The van der Waals surface area contributed by atoms with E-state index in [0.717, 1.165) is 11.1 Å². The minimum atomic E-state index is -0.353. The molecule has 2 aromatic rings. The van der Waals surface area contributed by atoms with Crippen LogP contribution < -0.4 is 10.6 Å². The summed E-state index contributed by atoms with van der Waals surface area (Å²) < 4.78 is 12.8. The lowest BCUT2D eigenvalue weighted by molar-refractivity contribution is -0.129. The summed E-state index contributed by atoms with van der Waals surface area (Å²) in [4.78, 5) is 23.5. The van der Waals surface area contributed by atoms with Crippen molar-refractivity contribution in [3.8, 4) is 0 Å². The van der Waals surface area contributed by atoms with Crippen molar-refractivity contribution >= 4 is 35.0 Å². The van der Waals surface area contributed by atoms with Crippen molar-refractivity contribution in [3.63, 3.8) is 0 Å². The molecule has 2 amide bonds. The van der Waals surface area contributed by atoms with E-state index in [1.54, 1.807) is 30.3 Å². The van der Waals surface area contributed by atoms with Gasteiger partial charge in [0, 0.05) is 23.1 Å². The van der Waals surface area contributed by atoms with Crippen LogP contribution in [0.4, 0.5) is 4.39 Å². The number of carbonyl (C=O) groups is 2. The second kappa shape index (κ2) is 10.1. The van der Waals surface area contributed by atoms with Crippen LogP contribution >= 0.6 is 23.2 Å². The second-order valence-electron chi connectivity index (χ2n) is 5.74. The van der Waals surface area contributed by atoms with Gasteiger partial charge in [-0.25, -0.2) is 4.39 Å². The summed E-state index contributed by atoms with van der Waals surface area (Å²) in [5.41, 5.74) is 1.79. The maximum absolute atomic E-state index is 12.8. The Morgan fingerprint density at radius 3 is 2.12 bits per heavy atom. The highest BCUT2D eigenvalue weighted by atomic mass is 35.5. The molecule has 0 aromatic heterocycles. The zero-order valence-electron chi connectivity index (χ0n) is 14.0. The van der Waals surface area contributed by atoms with Gasteiger partial charge in [0.05, 0.1) is 0 Å². The lowest BCUT2D eigenvalue weighted by Gasteiger charge is -2.08. The van der Waals surface area contributed by atoms with Gasteiger partial charge in [0.2, 0.25) is 11.8 Å². The third-order valence-corrected chi connectivity index (χ3v) is 4.29. The first-order valence-corrected chi connectivity index (χ1v) is 8.91. The predicted octanol–water partition coefficient (Wildman–Crippen LogP) is 3.54. The van der Waals surface area contributed by atoms with E-state index in [1.807, 2.05) is 0 Å². The number of carbonyl (C=O) groups excluding carboxylic acids is 2. The van der Waals surface area contributed by atoms with Crippen molar-refractivity contribution < 1.29 is 14.0 Å². The smallest absolute Gasteiger partial charge is 0.229 e. The average molecular weight is 397 g/mol. The van der Waals surface area contributed by atoms with Crippen LogP contribution in [-0.2, 0) is 22.4 Å². The normalized spacial score (nSPS) is 10.4. The van der Waals surface area contributed by atoms with Crippen LogP contribution in [0, 0.1) is 5.82 Å². The van der Waals surface area contributed by atoms with E-state index >= 15 is 0 Å². The third kappa shape index (κ3) is 7.02. The summed E-state index contributed by atoms with van der Waals surface area (Å²) in [7, 11) is 0. The van der Waals surface area contributed by atoms with E-state index in [4.69, 9.17) is 23.2 Å². The fourth-order valence-corrected chi connectivity index (χ4v) is 2.83. The van der Waals surface area contributed by atoms with Gasteiger partial charge in [-0.1, -0.05) is 41.4 Å². The van der Waals surface area contributed by atoms with Crippen LogP contribution in [0.1, 0.15) is 17.5 Å². The number of hydrogen-bond donors (Lipinski definition) is 2. The van der Waals surface area contributed by atoms with Gasteiger partial charge in [-0.3, -0.25) is 9.59 Å². The number of rotatable bonds is 8. The molecule has 0 aliphatic heterocycles. The molecule has 0 radical (unpaired) electrons. The van der Waals surface area contributed by atoms with Gasteiger partial charge >= 0.3 is 0 Å². The van der Waals surface area contributed by atoms with Crippen molar-refractivity contribution in [2.45, 2.75) is 19.3 Å². The highest BCUT2D eigenvalue weighted by Crippen LogP contribution is 2.21. The Hall–Kier alpha value is -2.11. The van der Waals surface area contributed by atoms with Gasteiger partial charge in [0.15, 0.2) is 0 Å². The fourth-order valence-electron chi connectivity index (χ4n) is 2.33. The first-order chi connectivity index (χ1) is 12.4. The molecule has 0 bridgehead atoms. The zero-order valence-corrected chi connectivity index (χ0v) is 15.5. The molecule has 0 spiro atoms. The Bertz CT molecular complexity index is 767. The minimum Gasteiger partial charge on any atom is -0.355 e. The Labute approximate surface area is 161 Å². The predicted molar refractivity (Wildman–Crippen MR) is 101 cm³/mol. The molecule has 0 saturated heterocycles. The Balaban J connectivity index is 1.63. The summed E-state index contributed by atoms with van der Waals surface area (Å²) in [6, 6.07) is 11.3. The molecule has 7 heteroatoms. The second-order valence-corrected chi connectivity index (χ2v) is 6.58. The van der Waals surface area contributed by atoms with E-state index in [2.05, 4.69) is 10.6 Å². The fraction of sp³-hybridized carbons (Fsp3) is 0.263. The van der Waals surface area contributed by atoms with Gasteiger partial charge in [-0.15, -0.1) is 0 Å². The van der Waals surface area contributed by atoms with E-state index in [0.29, 0.717) is 36.0 Å². The van der Waals surface area contributed by atoms with E-state index in [-0.39, 0.29) is 24.1 Å². The number of amides is 2. The molecule has 0 aliphatic carbocycles. The number of halogens is 3. The first-order valence-electron chi connectivity index (χ1n) is 8.16. The van der Waals surface area contributed by atoms with Crippen molar-refractivity contribution in [3.05, 3.63) is 69.5 Å². The van der Waals surface area contributed by atoms with Crippen LogP contribution in [0.25, 0.3) is 0 Å². The van der Waals surface area contributed by atoms with Crippen molar-refractivity contribution in [2.75, 3.05) is 13.1 Å². The summed E-state index contributed by atoms with van der Waals surface area (Å²) in [5, 5.41) is 6.46. The molecule has 4 nitrogen and oxygen atoms in total. The van der Waals surface area contributed by atoms with Gasteiger partial charge in [0.1, 0.15) is 12.2 Å². The van der Waals surface area contributed by atoms with Crippen molar-refractivity contribution in [1.82, 2.24) is 10.6 Å². The summed E-state index contributed by atoms with van der Waals surface area (Å²) in [6.45, 7) is 0.765. The number of nitrogens with one attached hydrogen (secondary N) is 2. The lowest BCUT2D eigenvalue weighted by atomic mass is 10.1. The standard InChI is InChI=1S/C19H19Cl2FN2O2/c20-15-4-3-14(17(21)11-15)8-10-24-19(26)12-18(25)23-9-7-13-1-5-16(22)6-2-13/h1-6,11H,7-10,12H2,(H,23,25)(H,24,26). The Morgan fingerprint density at radius 2 is 1.50 bits per heavy atom. The van der Waals surface area contributed by atoms with E-state index < -0.39 is 0 Å². The quantitative estimate of drug-likeness (QED) is 0.670. The topological polar surface area (TPSA) is 58.2 Å². The molecule has 0 saturated carbocycles. The highest BCUT2D eigenvalue weighted by Gasteiger charge is 2.09. The molecule has 0 atom stereocenters. The summed E-state index contributed by atoms with van der Waals surface area (Å²) in [5.74, 6) is -1.00. The Kier molecular flexibility index (Phi) is 7.88. The Morgan fingerprint density at radius 1 is 0.885 bits per heavy atom. The number of hydrogen-bond acceptors (Lipinski definition) is 2. The van der Waals surface area contributed by atoms with Crippen LogP contribution in [0.2, 0.25) is 10.0 Å². The molecule has 0 fully saturated rings. The molecule has 138 valence electrons. The zero-order chi connectivity index (χ0) is 18.9. The van der Waals surface area contributed by atoms with Crippen LogP contribution in [0.5, 0.6) is 0 Å². The van der Waals surface area contributed by atoms with Gasteiger partial charge in [-0.05, 0) is 48.2 Å². The maximum atomic E-state index is 12.8. The highest BCUT2D eigenvalue weighted by molar-refractivity contribution is 6.35. The molecule has 2 rings (SSSR count). The van der Waals surface area contributed by atoms with Crippen molar-refractivity contribution in [2.24, 2.45) is 0 Å². The maximum Gasteiger partial charge on any atom is 0.229 e. The molecule has 26 heavy (non-hydrogen) atoms. The van der Waals surface area contributed by atoms with Crippen LogP contribution in [-0.4, -0.2) is 24.9 Å². The van der Waals surface area contributed by atoms with Gasteiger partial charge < -0.3 is 10.6 Å². The number of benzene rings is 2. The molecule has 2 N–H and O–H groups in total. The average Bonchev–Trinajstić information content (AvgIpc) is 2.58. The van der Waals surface area contributed by atoms with Crippen molar-refractivity contribution in [1.29, 1.82) is 0 Å². The minimum absolute atomic E-state index is 0.238. The van der Waals surface area contributed by atoms with Gasteiger partial charge in [0.25, 0.3) is 0 Å². The molecule has 0 heterocycles. The molecule has 2 aromatic carbocycles. The van der Waals surface area contributed by atoms with Gasteiger partial charge in [-0.2, -0.15) is 0 Å². The molecule has 0 aliphatic rings. The molecular formula is C19H19Cl2FN2O2.